The fourth-order valence-electron chi connectivity index (χ4n) is 2.70. The van der Waals surface area contributed by atoms with Crippen molar-refractivity contribution in [3.8, 4) is 17.0 Å². The van der Waals surface area contributed by atoms with Crippen LogP contribution in [0.15, 0.2) is 60.8 Å². The Morgan fingerprint density at radius 2 is 1.92 bits per heavy atom. The molecule has 0 N–H and O–H groups in total. The first kappa shape index (κ1) is 15.3. The molecule has 5 nitrogen and oxygen atoms in total. The minimum absolute atomic E-state index is 0.256. The molecule has 0 amide bonds. The van der Waals surface area contributed by atoms with Crippen molar-refractivity contribution in [1.29, 1.82) is 0 Å². The van der Waals surface area contributed by atoms with Gasteiger partial charge in [-0.25, -0.2) is 9.37 Å². The van der Waals surface area contributed by atoms with Gasteiger partial charge in [0.2, 0.25) is 0 Å². The summed E-state index contributed by atoms with van der Waals surface area (Å²) in [5, 5.41) is 4.57. The summed E-state index contributed by atoms with van der Waals surface area (Å²) in [7, 11) is 1.64. The molecule has 0 aliphatic rings. The number of hydrogen-bond acceptors (Lipinski definition) is 4. The van der Waals surface area contributed by atoms with Crippen LogP contribution in [0.5, 0.6) is 5.75 Å². The van der Waals surface area contributed by atoms with Gasteiger partial charge in [0.05, 0.1) is 12.8 Å². The van der Waals surface area contributed by atoms with Crippen molar-refractivity contribution in [2.24, 2.45) is 0 Å². The molecule has 25 heavy (non-hydrogen) atoms. The minimum Gasteiger partial charge on any atom is -0.497 e. The van der Waals surface area contributed by atoms with Crippen LogP contribution >= 0.6 is 0 Å². The van der Waals surface area contributed by atoms with E-state index in [1.165, 1.54) is 12.1 Å². The smallest absolute Gasteiger partial charge is 0.252 e. The molecule has 6 heteroatoms. The summed E-state index contributed by atoms with van der Waals surface area (Å²) >= 11 is 0. The Bertz CT molecular complexity index is 1030. The Labute approximate surface area is 143 Å². The lowest BCUT2D eigenvalue weighted by molar-refractivity contribution is 0.415. The third-order valence-electron chi connectivity index (χ3n) is 3.93. The van der Waals surface area contributed by atoms with Crippen LogP contribution in [0, 0.1) is 5.82 Å². The number of hydrogen-bond donors (Lipinski definition) is 0. The predicted molar refractivity (Wildman–Crippen MR) is 92.0 cm³/mol. The van der Waals surface area contributed by atoms with Gasteiger partial charge < -0.3 is 4.74 Å². The van der Waals surface area contributed by atoms with Gasteiger partial charge in [0, 0.05) is 18.2 Å². The Kier molecular flexibility index (Phi) is 3.85. The number of methoxy groups -OCH3 is 1. The third kappa shape index (κ3) is 3.06. The second kappa shape index (κ2) is 6.32. The fraction of sp³-hybridized carbons (Fsp3) is 0.105. The highest BCUT2D eigenvalue weighted by atomic mass is 19.1. The second-order valence-electron chi connectivity index (χ2n) is 5.61. The average molecular weight is 334 g/mol. The van der Waals surface area contributed by atoms with Gasteiger partial charge in [-0.3, -0.25) is 0 Å². The van der Waals surface area contributed by atoms with Gasteiger partial charge in [0.15, 0.2) is 5.82 Å². The standard InChI is InChI=1S/C19H15FN4O/c1-25-16-4-2-3-14(12-16)17-9-10-21-19-22-18(23-24(17)19)11-13-5-7-15(20)8-6-13/h2-10,12H,11H2,1H3. The molecule has 2 aromatic carbocycles. The molecule has 0 atom stereocenters. The van der Waals surface area contributed by atoms with Crippen LogP contribution in [0.3, 0.4) is 0 Å². The summed E-state index contributed by atoms with van der Waals surface area (Å²) in [6.07, 6.45) is 2.22. The second-order valence-corrected chi connectivity index (χ2v) is 5.61. The van der Waals surface area contributed by atoms with E-state index in [0.717, 1.165) is 22.6 Å². The molecule has 124 valence electrons. The lowest BCUT2D eigenvalue weighted by Crippen LogP contribution is -1.97. The molecule has 4 aromatic rings. The highest BCUT2D eigenvalue weighted by molar-refractivity contribution is 5.63. The Hall–Kier alpha value is -3.28. The van der Waals surface area contributed by atoms with E-state index in [4.69, 9.17) is 4.74 Å². The van der Waals surface area contributed by atoms with Gasteiger partial charge in [0.1, 0.15) is 11.6 Å². The molecule has 0 unspecified atom stereocenters. The van der Waals surface area contributed by atoms with Crippen molar-refractivity contribution in [3.63, 3.8) is 0 Å². The van der Waals surface area contributed by atoms with E-state index in [-0.39, 0.29) is 5.82 Å². The van der Waals surface area contributed by atoms with Gasteiger partial charge in [-0.05, 0) is 35.9 Å². The van der Waals surface area contributed by atoms with Crippen LogP contribution in [0.4, 0.5) is 4.39 Å². The highest BCUT2D eigenvalue weighted by Crippen LogP contribution is 2.23. The lowest BCUT2D eigenvalue weighted by atomic mass is 10.1. The molecule has 2 aromatic heterocycles. The van der Waals surface area contributed by atoms with Gasteiger partial charge in [-0.2, -0.15) is 9.50 Å². The van der Waals surface area contributed by atoms with E-state index < -0.39 is 0 Å². The number of halogens is 1. The van der Waals surface area contributed by atoms with Gasteiger partial charge >= 0.3 is 0 Å². The molecule has 0 bridgehead atoms. The zero-order chi connectivity index (χ0) is 17.2. The number of ether oxygens (including phenoxy) is 1. The largest absolute Gasteiger partial charge is 0.497 e. The maximum atomic E-state index is 13.0. The van der Waals surface area contributed by atoms with E-state index in [0.29, 0.717) is 18.0 Å². The first-order valence-electron chi connectivity index (χ1n) is 7.82. The molecular formula is C19H15FN4O. The molecule has 0 saturated heterocycles. The minimum atomic E-state index is -0.256. The number of fused-ring (bicyclic) bond motifs is 1. The maximum absolute atomic E-state index is 13.0. The summed E-state index contributed by atoms with van der Waals surface area (Å²) in [4.78, 5) is 8.76. The molecular weight excluding hydrogens is 319 g/mol. The zero-order valence-electron chi connectivity index (χ0n) is 13.6. The SMILES string of the molecule is COc1cccc(-c2ccnc3nc(Cc4ccc(F)cc4)nn23)c1. The summed E-state index contributed by atoms with van der Waals surface area (Å²) in [6.45, 7) is 0. The fourth-order valence-corrected chi connectivity index (χ4v) is 2.70. The first-order chi connectivity index (χ1) is 12.2. The van der Waals surface area contributed by atoms with Crippen molar-refractivity contribution in [2.45, 2.75) is 6.42 Å². The van der Waals surface area contributed by atoms with Crippen LogP contribution in [0.1, 0.15) is 11.4 Å². The van der Waals surface area contributed by atoms with Crippen LogP contribution < -0.4 is 4.74 Å². The summed E-state index contributed by atoms with van der Waals surface area (Å²) < 4.78 is 20.0. The number of benzene rings is 2. The lowest BCUT2D eigenvalue weighted by Gasteiger charge is -2.05. The van der Waals surface area contributed by atoms with E-state index in [1.807, 2.05) is 30.3 Å². The van der Waals surface area contributed by atoms with Gasteiger partial charge in [0.25, 0.3) is 5.78 Å². The molecule has 0 aliphatic carbocycles. The predicted octanol–water partition coefficient (Wildman–Crippen LogP) is 3.53. The van der Waals surface area contributed by atoms with E-state index in [1.54, 1.807) is 30.0 Å². The summed E-state index contributed by atoms with van der Waals surface area (Å²) in [6, 6.07) is 16.0. The monoisotopic (exact) mass is 334 g/mol. The molecule has 4 rings (SSSR count). The Morgan fingerprint density at radius 3 is 2.72 bits per heavy atom. The Balaban J connectivity index is 1.74. The first-order valence-corrected chi connectivity index (χ1v) is 7.82. The topological polar surface area (TPSA) is 52.3 Å². The number of aromatic nitrogens is 4. The van der Waals surface area contributed by atoms with Crippen molar-refractivity contribution < 1.29 is 9.13 Å². The molecule has 2 heterocycles. The third-order valence-corrected chi connectivity index (χ3v) is 3.93. The molecule has 0 fully saturated rings. The van der Waals surface area contributed by atoms with Crippen LogP contribution in [0.2, 0.25) is 0 Å². The summed E-state index contributed by atoms with van der Waals surface area (Å²) in [5.41, 5.74) is 2.78. The summed E-state index contributed by atoms with van der Waals surface area (Å²) in [5.74, 6) is 1.68. The molecule has 0 spiro atoms. The molecule has 0 saturated carbocycles. The van der Waals surface area contributed by atoms with E-state index in [9.17, 15) is 4.39 Å². The van der Waals surface area contributed by atoms with Crippen LogP contribution in [-0.4, -0.2) is 26.7 Å². The number of rotatable bonds is 4. The quantitative estimate of drug-likeness (QED) is 0.573. The highest BCUT2D eigenvalue weighted by Gasteiger charge is 2.11. The van der Waals surface area contributed by atoms with Gasteiger partial charge in [-0.1, -0.05) is 24.3 Å². The molecule has 0 aliphatic heterocycles. The maximum Gasteiger partial charge on any atom is 0.252 e. The van der Waals surface area contributed by atoms with E-state index >= 15 is 0 Å². The zero-order valence-corrected chi connectivity index (χ0v) is 13.6. The van der Waals surface area contributed by atoms with Crippen LogP contribution in [0.25, 0.3) is 17.0 Å². The van der Waals surface area contributed by atoms with Crippen LogP contribution in [-0.2, 0) is 6.42 Å². The Morgan fingerprint density at radius 1 is 1.08 bits per heavy atom. The van der Waals surface area contributed by atoms with Crippen molar-refractivity contribution in [2.75, 3.05) is 7.11 Å². The van der Waals surface area contributed by atoms with Crippen molar-refractivity contribution in [3.05, 3.63) is 78.0 Å². The van der Waals surface area contributed by atoms with Gasteiger partial charge in [-0.15, -0.1) is 5.10 Å². The number of nitrogens with zero attached hydrogens (tertiary/aromatic N) is 4. The molecule has 0 radical (unpaired) electrons. The average Bonchev–Trinajstić information content (AvgIpc) is 3.06. The van der Waals surface area contributed by atoms with Crippen molar-refractivity contribution in [1.82, 2.24) is 19.6 Å². The van der Waals surface area contributed by atoms with Crippen molar-refractivity contribution >= 4 is 5.78 Å². The normalized spacial score (nSPS) is 11.0. The van der Waals surface area contributed by atoms with E-state index in [2.05, 4.69) is 15.1 Å².